The minimum atomic E-state index is 0.574. The topological polar surface area (TPSA) is 65.3 Å². The van der Waals surface area contributed by atoms with Gasteiger partial charge < -0.3 is 14.4 Å². The van der Waals surface area contributed by atoms with E-state index in [1.165, 1.54) is 5.56 Å². The molecule has 0 spiro atoms. The Labute approximate surface area is 146 Å². The van der Waals surface area contributed by atoms with Crippen LogP contribution in [0.1, 0.15) is 5.56 Å². The summed E-state index contributed by atoms with van der Waals surface area (Å²) in [5.74, 6) is 2.88. The number of ether oxygens (including phenoxy) is 2. The maximum Gasteiger partial charge on any atom is 0.162 e. The summed E-state index contributed by atoms with van der Waals surface area (Å²) in [7, 11) is 3.27. The minimum Gasteiger partial charge on any atom is -0.493 e. The number of rotatable bonds is 5. The summed E-state index contributed by atoms with van der Waals surface area (Å²) >= 11 is 0. The number of aromatic nitrogens is 4. The molecule has 7 nitrogen and oxygen atoms in total. The van der Waals surface area contributed by atoms with Gasteiger partial charge in [-0.1, -0.05) is 0 Å². The first-order valence-corrected chi connectivity index (χ1v) is 8.28. The van der Waals surface area contributed by atoms with Crippen molar-refractivity contribution in [3.63, 3.8) is 0 Å². The Morgan fingerprint density at radius 1 is 1.12 bits per heavy atom. The van der Waals surface area contributed by atoms with Gasteiger partial charge >= 0.3 is 0 Å². The van der Waals surface area contributed by atoms with Crippen LogP contribution < -0.4 is 14.4 Å². The third kappa shape index (κ3) is 2.86. The van der Waals surface area contributed by atoms with Crippen molar-refractivity contribution in [3.8, 4) is 11.5 Å². The molecule has 25 heavy (non-hydrogen) atoms. The second-order valence-corrected chi connectivity index (χ2v) is 6.43. The van der Waals surface area contributed by atoms with Crippen molar-refractivity contribution in [3.05, 3.63) is 36.4 Å². The summed E-state index contributed by atoms with van der Waals surface area (Å²) in [6, 6.07) is 3.84. The van der Waals surface area contributed by atoms with Gasteiger partial charge in [0.15, 0.2) is 11.5 Å². The van der Waals surface area contributed by atoms with Crippen molar-refractivity contribution < 1.29 is 9.47 Å². The molecule has 0 amide bonds. The Kier molecular flexibility index (Phi) is 3.91. The molecule has 0 N–H and O–H groups in total. The van der Waals surface area contributed by atoms with Gasteiger partial charge in [0.25, 0.3) is 0 Å². The molecule has 0 radical (unpaired) electrons. The fourth-order valence-corrected chi connectivity index (χ4v) is 3.31. The lowest BCUT2D eigenvalue weighted by molar-refractivity contribution is 0.340. The fraction of sp³-hybridized carbons (Fsp3) is 0.389. The normalized spacial score (nSPS) is 14.6. The Morgan fingerprint density at radius 2 is 1.88 bits per heavy atom. The molecule has 0 aliphatic carbocycles. The molecule has 2 aromatic heterocycles. The maximum atomic E-state index is 5.42. The molecule has 3 aromatic rings. The van der Waals surface area contributed by atoms with Crippen molar-refractivity contribution in [1.29, 1.82) is 0 Å². The molecule has 0 unspecified atom stereocenters. The molecule has 0 saturated carbocycles. The first-order chi connectivity index (χ1) is 12.2. The Hall–Kier alpha value is -2.83. The average Bonchev–Trinajstić information content (AvgIpc) is 3.01. The van der Waals surface area contributed by atoms with Gasteiger partial charge in [0.05, 0.1) is 25.9 Å². The number of aryl methyl sites for hydroxylation is 1. The Balaban J connectivity index is 1.56. The maximum absolute atomic E-state index is 5.42. The van der Waals surface area contributed by atoms with Crippen LogP contribution >= 0.6 is 0 Å². The van der Waals surface area contributed by atoms with Crippen LogP contribution in [0, 0.1) is 12.8 Å². The number of methoxy groups -OCH3 is 2. The van der Waals surface area contributed by atoms with Crippen molar-refractivity contribution in [2.45, 2.75) is 13.5 Å². The number of anilines is 1. The second-order valence-electron chi connectivity index (χ2n) is 6.43. The molecule has 1 aliphatic heterocycles. The van der Waals surface area contributed by atoms with Gasteiger partial charge in [0.2, 0.25) is 0 Å². The predicted octanol–water partition coefficient (Wildman–Crippen LogP) is 2.29. The second kappa shape index (κ2) is 6.23. The van der Waals surface area contributed by atoms with E-state index in [9.17, 15) is 0 Å². The largest absolute Gasteiger partial charge is 0.493 e. The third-order valence-corrected chi connectivity index (χ3v) is 4.58. The lowest BCUT2D eigenvalue weighted by atomic mass is 9.99. The van der Waals surface area contributed by atoms with E-state index in [1.807, 2.05) is 23.0 Å². The number of hydrogen-bond acceptors (Lipinski definition) is 6. The number of fused-ring (bicyclic) bond motifs is 1. The summed E-state index contributed by atoms with van der Waals surface area (Å²) in [6.45, 7) is 4.91. The SMILES string of the molecule is COc1cc2ncnc(N3CC(Cn4cc(C)cn4)C3)c2cc1OC. The lowest BCUT2D eigenvalue weighted by Crippen LogP contribution is -2.49. The Morgan fingerprint density at radius 3 is 2.56 bits per heavy atom. The number of hydrogen-bond donors (Lipinski definition) is 0. The van der Waals surface area contributed by atoms with Crippen LogP contribution in [0.3, 0.4) is 0 Å². The summed E-state index contributed by atoms with van der Waals surface area (Å²) in [6.07, 6.45) is 5.59. The molecular formula is C18H21N5O2. The van der Waals surface area contributed by atoms with E-state index in [0.717, 1.165) is 36.4 Å². The first-order valence-electron chi connectivity index (χ1n) is 8.28. The van der Waals surface area contributed by atoms with E-state index in [-0.39, 0.29) is 0 Å². The molecule has 3 heterocycles. The van der Waals surface area contributed by atoms with E-state index >= 15 is 0 Å². The first kappa shape index (κ1) is 15.7. The standard InChI is InChI=1S/C18H21N5O2/c1-12-6-21-23(7-12)10-13-8-22(9-13)18-14-4-16(24-2)17(25-3)5-15(14)19-11-20-18/h4-7,11,13H,8-10H2,1-3H3. The molecule has 0 bridgehead atoms. The molecule has 0 atom stereocenters. The third-order valence-electron chi connectivity index (χ3n) is 4.58. The molecule has 1 fully saturated rings. The zero-order valence-corrected chi connectivity index (χ0v) is 14.6. The predicted molar refractivity (Wildman–Crippen MR) is 95.3 cm³/mol. The average molecular weight is 339 g/mol. The van der Waals surface area contributed by atoms with Crippen LogP contribution in [0.25, 0.3) is 10.9 Å². The van der Waals surface area contributed by atoms with Crippen molar-refractivity contribution in [2.24, 2.45) is 5.92 Å². The van der Waals surface area contributed by atoms with Gasteiger partial charge in [-0.3, -0.25) is 4.68 Å². The fourth-order valence-electron chi connectivity index (χ4n) is 3.31. The molecule has 1 aliphatic rings. The summed E-state index contributed by atoms with van der Waals surface area (Å²) < 4.78 is 12.8. The highest BCUT2D eigenvalue weighted by atomic mass is 16.5. The van der Waals surface area contributed by atoms with Crippen LogP contribution in [0.4, 0.5) is 5.82 Å². The highest BCUT2D eigenvalue weighted by Gasteiger charge is 2.29. The number of nitrogens with zero attached hydrogens (tertiary/aromatic N) is 5. The quantitative estimate of drug-likeness (QED) is 0.711. The molecule has 7 heteroatoms. The summed E-state index contributed by atoms with van der Waals surface area (Å²) in [4.78, 5) is 11.1. The smallest absolute Gasteiger partial charge is 0.162 e. The lowest BCUT2D eigenvalue weighted by Gasteiger charge is -2.40. The molecule has 1 aromatic carbocycles. The van der Waals surface area contributed by atoms with E-state index in [1.54, 1.807) is 20.5 Å². The van der Waals surface area contributed by atoms with Crippen LogP contribution in [-0.2, 0) is 6.54 Å². The zero-order chi connectivity index (χ0) is 17.4. The Bertz CT molecular complexity index is 902. The van der Waals surface area contributed by atoms with E-state index in [2.05, 4.69) is 33.1 Å². The van der Waals surface area contributed by atoms with Crippen LogP contribution in [0.5, 0.6) is 11.5 Å². The van der Waals surface area contributed by atoms with Crippen LogP contribution in [0.2, 0.25) is 0 Å². The molecule has 4 rings (SSSR count). The molecule has 1 saturated heterocycles. The summed E-state index contributed by atoms with van der Waals surface area (Å²) in [5, 5.41) is 5.35. The molecular weight excluding hydrogens is 318 g/mol. The van der Waals surface area contributed by atoms with E-state index < -0.39 is 0 Å². The zero-order valence-electron chi connectivity index (χ0n) is 14.6. The van der Waals surface area contributed by atoms with Gasteiger partial charge in [-0.05, 0) is 18.6 Å². The van der Waals surface area contributed by atoms with Crippen molar-refractivity contribution >= 4 is 16.7 Å². The monoisotopic (exact) mass is 339 g/mol. The van der Waals surface area contributed by atoms with Gasteiger partial charge in [0.1, 0.15) is 12.1 Å². The highest BCUT2D eigenvalue weighted by molar-refractivity contribution is 5.92. The summed E-state index contributed by atoms with van der Waals surface area (Å²) in [5.41, 5.74) is 2.05. The van der Waals surface area contributed by atoms with E-state index in [0.29, 0.717) is 17.4 Å². The van der Waals surface area contributed by atoms with Crippen LogP contribution in [0.15, 0.2) is 30.9 Å². The van der Waals surface area contributed by atoms with Gasteiger partial charge in [0, 0.05) is 43.2 Å². The van der Waals surface area contributed by atoms with Crippen molar-refractivity contribution in [1.82, 2.24) is 19.7 Å². The minimum absolute atomic E-state index is 0.574. The van der Waals surface area contributed by atoms with Crippen molar-refractivity contribution in [2.75, 3.05) is 32.2 Å². The van der Waals surface area contributed by atoms with Gasteiger partial charge in [-0.25, -0.2) is 9.97 Å². The van der Waals surface area contributed by atoms with Gasteiger partial charge in [-0.2, -0.15) is 5.10 Å². The van der Waals surface area contributed by atoms with Crippen LogP contribution in [-0.4, -0.2) is 47.1 Å². The van der Waals surface area contributed by atoms with E-state index in [4.69, 9.17) is 9.47 Å². The number of benzene rings is 1. The van der Waals surface area contributed by atoms with Gasteiger partial charge in [-0.15, -0.1) is 0 Å². The highest BCUT2D eigenvalue weighted by Crippen LogP contribution is 2.36. The molecule has 130 valence electrons.